The number of aromatic nitrogens is 3. The molecule has 0 spiro atoms. The summed E-state index contributed by atoms with van der Waals surface area (Å²) in [7, 11) is 2.96. The first kappa shape index (κ1) is 14.0. The molecule has 0 aliphatic heterocycles. The van der Waals surface area contributed by atoms with Gasteiger partial charge in [0.05, 0.1) is 30.1 Å². The molecule has 0 aliphatic rings. The molecule has 106 valence electrons. The number of ether oxygens (including phenoxy) is 1. The van der Waals surface area contributed by atoms with Crippen LogP contribution in [0.4, 0.5) is 0 Å². The summed E-state index contributed by atoms with van der Waals surface area (Å²) in [5.74, 6) is -0.433. The van der Waals surface area contributed by atoms with E-state index in [1.807, 2.05) is 0 Å². The second-order valence-electron chi connectivity index (χ2n) is 4.38. The van der Waals surface area contributed by atoms with Gasteiger partial charge in [-0.2, -0.15) is 0 Å². The summed E-state index contributed by atoms with van der Waals surface area (Å²) < 4.78 is 7.22. The van der Waals surface area contributed by atoms with Crippen LogP contribution in [0.5, 0.6) is 0 Å². The van der Waals surface area contributed by atoms with Crippen molar-refractivity contribution in [1.82, 2.24) is 14.1 Å². The number of hydrogen-bond donors (Lipinski definition) is 0. The van der Waals surface area contributed by atoms with Gasteiger partial charge in [0.1, 0.15) is 0 Å². The van der Waals surface area contributed by atoms with Crippen LogP contribution in [-0.4, -0.2) is 26.7 Å². The highest BCUT2D eigenvalue weighted by Gasteiger charge is 2.15. The lowest BCUT2D eigenvalue weighted by Gasteiger charge is -2.10. The Kier molecular flexibility index (Phi) is 3.69. The zero-order valence-electron chi connectivity index (χ0n) is 11.5. The summed E-state index contributed by atoms with van der Waals surface area (Å²) in [6.07, 6.45) is 2.84. The van der Waals surface area contributed by atoms with Crippen LogP contribution in [0.15, 0.2) is 22.0 Å². The number of aryl methyl sites for hydroxylation is 1. The number of carbonyl (C=O) groups is 1. The Labute approximate surface area is 114 Å². The molecule has 0 aromatic carbocycles. The number of pyridine rings is 1. The number of esters is 1. The Morgan fingerprint density at radius 1 is 1.25 bits per heavy atom. The maximum absolute atomic E-state index is 12.2. The van der Waals surface area contributed by atoms with Crippen molar-refractivity contribution in [2.75, 3.05) is 6.61 Å². The van der Waals surface area contributed by atoms with Crippen LogP contribution in [0, 0.1) is 0 Å². The van der Waals surface area contributed by atoms with Gasteiger partial charge >= 0.3 is 11.7 Å². The van der Waals surface area contributed by atoms with Gasteiger partial charge in [-0.05, 0) is 12.5 Å². The van der Waals surface area contributed by atoms with E-state index in [4.69, 9.17) is 4.74 Å². The third-order valence-electron chi connectivity index (χ3n) is 3.10. The summed E-state index contributed by atoms with van der Waals surface area (Å²) in [6, 6.07) is 0. The molecule has 0 N–H and O–H groups in total. The lowest BCUT2D eigenvalue weighted by Crippen LogP contribution is -2.37. The third kappa shape index (κ3) is 2.22. The maximum atomic E-state index is 12.2. The lowest BCUT2D eigenvalue weighted by molar-refractivity contribution is -0.142. The monoisotopic (exact) mass is 277 g/mol. The standard InChI is InChI=1S/C13H15N3O4/c1-4-20-10(17)5-8-6-14-7-9-11(8)12(18)16(3)13(19)15(9)2/h6-7H,4-5H2,1-3H3. The van der Waals surface area contributed by atoms with Gasteiger partial charge in [-0.3, -0.25) is 23.7 Å². The van der Waals surface area contributed by atoms with E-state index in [0.717, 1.165) is 4.57 Å². The van der Waals surface area contributed by atoms with Crippen molar-refractivity contribution < 1.29 is 9.53 Å². The van der Waals surface area contributed by atoms with E-state index in [2.05, 4.69) is 4.98 Å². The molecule has 0 fully saturated rings. The van der Waals surface area contributed by atoms with E-state index in [-0.39, 0.29) is 13.0 Å². The Balaban J connectivity index is 2.72. The molecule has 0 unspecified atom stereocenters. The number of rotatable bonds is 3. The first-order valence-electron chi connectivity index (χ1n) is 6.15. The van der Waals surface area contributed by atoms with E-state index >= 15 is 0 Å². The molecule has 0 amide bonds. The first-order chi connectivity index (χ1) is 9.47. The number of fused-ring (bicyclic) bond motifs is 1. The molecular formula is C13H15N3O4. The predicted octanol–water partition coefficient (Wildman–Crippen LogP) is -0.262. The van der Waals surface area contributed by atoms with Gasteiger partial charge < -0.3 is 4.74 Å². The van der Waals surface area contributed by atoms with Crippen LogP contribution in [0.25, 0.3) is 10.9 Å². The fraction of sp³-hybridized carbons (Fsp3) is 0.385. The Morgan fingerprint density at radius 2 is 1.95 bits per heavy atom. The average molecular weight is 277 g/mol. The van der Waals surface area contributed by atoms with Crippen LogP contribution >= 0.6 is 0 Å². The normalized spacial score (nSPS) is 10.8. The zero-order chi connectivity index (χ0) is 14.9. The highest BCUT2D eigenvalue weighted by molar-refractivity contribution is 5.85. The molecule has 0 saturated heterocycles. The van der Waals surface area contributed by atoms with Crippen molar-refractivity contribution in [2.45, 2.75) is 13.3 Å². The fourth-order valence-corrected chi connectivity index (χ4v) is 2.08. The molecule has 2 heterocycles. The minimum Gasteiger partial charge on any atom is -0.466 e. The smallest absolute Gasteiger partial charge is 0.330 e. The minimum absolute atomic E-state index is 0.0500. The van der Waals surface area contributed by atoms with Gasteiger partial charge in [0, 0.05) is 20.3 Å². The average Bonchev–Trinajstić information content (AvgIpc) is 2.43. The molecule has 0 aliphatic carbocycles. The summed E-state index contributed by atoms with van der Waals surface area (Å²) in [6.45, 7) is 1.98. The second kappa shape index (κ2) is 5.28. The van der Waals surface area contributed by atoms with Crippen LogP contribution in [0.3, 0.4) is 0 Å². The molecule has 0 radical (unpaired) electrons. The topological polar surface area (TPSA) is 83.2 Å². The molecule has 20 heavy (non-hydrogen) atoms. The van der Waals surface area contributed by atoms with Crippen molar-refractivity contribution in [2.24, 2.45) is 14.1 Å². The van der Waals surface area contributed by atoms with Crippen LogP contribution in [0.2, 0.25) is 0 Å². The predicted molar refractivity (Wildman–Crippen MR) is 72.6 cm³/mol. The summed E-state index contributed by atoms with van der Waals surface area (Å²) in [4.78, 5) is 39.6. The molecule has 2 aromatic rings. The summed E-state index contributed by atoms with van der Waals surface area (Å²) >= 11 is 0. The molecule has 0 saturated carbocycles. The van der Waals surface area contributed by atoms with Gasteiger partial charge in [-0.15, -0.1) is 0 Å². The molecule has 2 rings (SSSR count). The third-order valence-corrected chi connectivity index (χ3v) is 3.10. The molecule has 7 nitrogen and oxygen atoms in total. The maximum Gasteiger partial charge on any atom is 0.330 e. The van der Waals surface area contributed by atoms with Crippen LogP contribution < -0.4 is 11.2 Å². The molecular weight excluding hydrogens is 262 g/mol. The zero-order valence-corrected chi connectivity index (χ0v) is 11.5. The highest BCUT2D eigenvalue weighted by Crippen LogP contribution is 2.12. The second-order valence-corrected chi connectivity index (χ2v) is 4.38. The first-order valence-corrected chi connectivity index (χ1v) is 6.15. The van der Waals surface area contributed by atoms with E-state index < -0.39 is 17.2 Å². The van der Waals surface area contributed by atoms with Gasteiger partial charge in [0.15, 0.2) is 0 Å². The molecule has 2 aromatic heterocycles. The molecule has 0 atom stereocenters. The molecule has 0 bridgehead atoms. The van der Waals surface area contributed by atoms with Crippen molar-refractivity contribution >= 4 is 16.9 Å². The van der Waals surface area contributed by atoms with Gasteiger partial charge in [-0.25, -0.2) is 4.79 Å². The van der Waals surface area contributed by atoms with Gasteiger partial charge in [-0.1, -0.05) is 0 Å². The Morgan fingerprint density at radius 3 is 2.60 bits per heavy atom. The fourth-order valence-electron chi connectivity index (χ4n) is 2.08. The SMILES string of the molecule is CCOC(=O)Cc1cncc2c1c(=O)n(C)c(=O)n2C. The van der Waals surface area contributed by atoms with Gasteiger partial charge in [0.25, 0.3) is 5.56 Å². The number of carbonyl (C=O) groups excluding carboxylic acids is 1. The van der Waals surface area contributed by atoms with E-state index in [1.54, 1.807) is 14.0 Å². The van der Waals surface area contributed by atoms with E-state index in [1.165, 1.54) is 24.0 Å². The van der Waals surface area contributed by atoms with Crippen LogP contribution in [-0.2, 0) is 30.0 Å². The molecule has 7 heteroatoms. The van der Waals surface area contributed by atoms with Crippen LogP contribution in [0.1, 0.15) is 12.5 Å². The van der Waals surface area contributed by atoms with Gasteiger partial charge in [0.2, 0.25) is 0 Å². The van der Waals surface area contributed by atoms with Crippen molar-refractivity contribution in [1.29, 1.82) is 0 Å². The Bertz CT molecular complexity index is 789. The summed E-state index contributed by atoms with van der Waals surface area (Å²) in [5.41, 5.74) is -0.0144. The van der Waals surface area contributed by atoms with Crippen molar-refractivity contribution in [3.8, 4) is 0 Å². The number of hydrogen-bond acceptors (Lipinski definition) is 5. The highest BCUT2D eigenvalue weighted by atomic mass is 16.5. The minimum atomic E-state index is -0.440. The number of nitrogens with zero attached hydrogens (tertiary/aromatic N) is 3. The quantitative estimate of drug-likeness (QED) is 0.722. The van der Waals surface area contributed by atoms with E-state index in [0.29, 0.717) is 16.5 Å². The van der Waals surface area contributed by atoms with E-state index in [9.17, 15) is 14.4 Å². The summed E-state index contributed by atoms with van der Waals surface area (Å²) in [5, 5.41) is 0.317. The Hall–Kier alpha value is -2.44. The lowest BCUT2D eigenvalue weighted by atomic mass is 10.1. The van der Waals surface area contributed by atoms with Crippen molar-refractivity contribution in [3.05, 3.63) is 38.8 Å². The van der Waals surface area contributed by atoms with Crippen molar-refractivity contribution in [3.63, 3.8) is 0 Å². The largest absolute Gasteiger partial charge is 0.466 e.